The zero-order chi connectivity index (χ0) is 26.9. The van der Waals surface area contributed by atoms with E-state index < -0.39 is 5.60 Å². The maximum absolute atomic E-state index is 12.5. The third-order valence-corrected chi connectivity index (χ3v) is 7.08. The maximum atomic E-state index is 12.5. The molecular formula is C32H35N5O. The summed E-state index contributed by atoms with van der Waals surface area (Å²) in [6.07, 6.45) is 3.46. The molecule has 5 aromatic rings. The van der Waals surface area contributed by atoms with Crippen LogP contribution in [0.5, 0.6) is 0 Å². The van der Waals surface area contributed by atoms with Gasteiger partial charge in [0.25, 0.3) is 0 Å². The smallest absolute Gasteiger partial charge is 0.156 e. The number of rotatable bonds is 8. The molecule has 0 fully saturated rings. The summed E-state index contributed by atoms with van der Waals surface area (Å²) in [5, 5.41) is 16.9. The van der Waals surface area contributed by atoms with Crippen LogP contribution >= 0.6 is 0 Å². The van der Waals surface area contributed by atoms with Gasteiger partial charge in [-0.1, -0.05) is 65.7 Å². The molecule has 0 amide bonds. The first-order valence-electron chi connectivity index (χ1n) is 12.9. The number of imidazole rings is 1. The number of benzene rings is 3. The van der Waals surface area contributed by atoms with Crippen molar-refractivity contribution in [2.45, 2.75) is 19.4 Å². The number of pyridine rings is 1. The van der Waals surface area contributed by atoms with Crippen LogP contribution in [0.3, 0.4) is 0 Å². The van der Waals surface area contributed by atoms with Crippen molar-refractivity contribution in [3.05, 3.63) is 113 Å². The van der Waals surface area contributed by atoms with E-state index in [0.29, 0.717) is 5.69 Å². The molecule has 6 heteroatoms. The van der Waals surface area contributed by atoms with Crippen LogP contribution < -0.4 is 5.32 Å². The van der Waals surface area contributed by atoms with Crippen LogP contribution in [-0.2, 0) is 12.6 Å². The van der Waals surface area contributed by atoms with Gasteiger partial charge in [0.2, 0.25) is 0 Å². The van der Waals surface area contributed by atoms with Gasteiger partial charge in [0.15, 0.2) is 5.60 Å². The SMILES string of the molecule is Cc1ccc(C(O)(c2ccc3nc(NCCN(C)C)cc(-c4cccc(C)c4)c3c2)c2cncn2C)cc1. The van der Waals surface area contributed by atoms with E-state index in [0.717, 1.165) is 57.6 Å². The first kappa shape index (κ1) is 25.6. The first-order chi connectivity index (χ1) is 18.3. The number of aromatic nitrogens is 3. The van der Waals surface area contributed by atoms with Crippen molar-refractivity contribution >= 4 is 16.7 Å². The average Bonchev–Trinajstić information content (AvgIpc) is 3.34. The fraction of sp³-hybridized carbons (Fsp3) is 0.250. The molecule has 2 N–H and O–H groups in total. The molecular weight excluding hydrogens is 470 g/mol. The van der Waals surface area contributed by atoms with Crippen molar-refractivity contribution in [3.8, 4) is 11.1 Å². The zero-order valence-corrected chi connectivity index (χ0v) is 22.7. The quantitative estimate of drug-likeness (QED) is 0.291. The monoisotopic (exact) mass is 505 g/mol. The third kappa shape index (κ3) is 4.93. The molecule has 0 aliphatic carbocycles. The molecule has 0 bridgehead atoms. The van der Waals surface area contributed by atoms with E-state index in [1.165, 1.54) is 5.56 Å². The number of nitrogens with one attached hydrogen (secondary N) is 1. The summed E-state index contributed by atoms with van der Waals surface area (Å²) in [6, 6.07) is 24.7. The Bertz CT molecular complexity index is 1570. The second kappa shape index (κ2) is 10.4. The Kier molecular flexibility index (Phi) is 7.02. The van der Waals surface area contributed by atoms with E-state index in [9.17, 15) is 5.11 Å². The average molecular weight is 506 g/mol. The third-order valence-electron chi connectivity index (χ3n) is 7.08. The molecule has 5 rings (SSSR count). The molecule has 38 heavy (non-hydrogen) atoms. The van der Waals surface area contributed by atoms with Crippen molar-refractivity contribution in [2.75, 3.05) is 32.5 Å². The lowest BCUT2D eigenvalue weighted by Crippen LogP contribution is -2.31. The molecule has 2 heterocycles. The number of fused-ring (bicyclic) bond motifs is 1. The standard InChI is InChI=1S/C32H35N5O/c1-22-9-11-25(12-10-22)32(38,30-20-33-21-37(30)5)26-13-14-29-28(18-26)27(24-8-6-7-23(2)17-24)19-31(35-29)34-15-16-36(3)4/h6-14,17-21,38H,15-16H2,1-5H3,(H,34,35). The number of anilines is 1. The van der Waals surface area contributed by atoms with E-state index in [1.807, 2.05) is 54.9 Å². The molecule has 0 radical (unpaired) electrons. The Morgan fingerprint density at radius 3 is 2.37 bits per heavy atom. The minimum atomic E-state index is -1.39. The van der Waals surface area contributed by atoms with Crippen molar-refractivity contribution in [2.24, 2.45) is 7.05 Å². The van der Waals surface area contributed by atoms with Crippen molar-refractivity contribution < 1.29 is 5.11 Å². The van der Waals surface area contributed by atoms with Gasteiger partial charge in [0, 0.05) is 25.5 Å². The molecule has 194 valence electrons. The number of nitrogens with zero attached hydrogens (tertiary/aromatic N) is 4. The molecule has 0 aliphatic heterocycles. The highest BCUT2D eigenvalue weighted by Gasteiger charge is 2.36. The minimum Gasteiger partial charge on any atom is -0.374 e. The lowest BCUT2D eigenvalue weighted by atomic mass is 9.82. The van der Waals surface area contributed by atoms with Gasteiger partial charge >= 0.3 is 0 Å². The molecule has 0 saturated heterocycles. The Morgan fingerprint density at radius 1 is 0.921 bits per heavy atom. The van der Waals surface area contributed by atoms with Crippen LogP contribution in [-0.4, -0.2) is 51.7 Å². The normalized spacial score (nSPS) is 13.1. The summed E-state index contributed by atoms with van der Waals surface area (Å²) < 4.78 is 1.88. The van der Waals surface area contributed by atoms with Crippen LogP contribution in [0.25, 0.3) is 22.0 Å². The largest absolute Gasteiger partial charge is 0.374 e. The van der Waals surface area contributed by atoms with Gasteiger partial charge in [0.1, 0.15) is 5.82 Å². The molecule has 0 aliphatic rings. The number of aliphatic hydroxyl groups is 1. The van der Waals surface area contributed by atoms with E-state index in [-0.39, 0.29) is 0 Å². The van der Waals surface area contributed by atoms with E-state index in [2.05, 4.69) is 72.6 Å². The zero-order valence-electron chi connectivity index (χ0n) is 22.7. The fourth-order valence-corrected chi connectivity index (χ4v) is 4.96. The molecule has 0 saturated carbocycles. The summed E-state index contributed by atoms with van der Waals surface area (Å²) in [4.78, 5) is 11.4. The highest BCUT2D eigenvalue weighted by Crippen LogP contribution is 2.39. The topological polar surface area (TPSA) is 66.2 Å². The molecule has 3 aromatic carbocycles. The highest BCUT2D eigenvalue weighted by atomic mass is 16.3. The summed E-state index contributed by atoms with van der Waals surface area (Å²) in [7, 11) is 6.03. The van der Waals surface area contributed by atoms with Crippen LogP contribution in [0.1, 0.15) is 27.9 Å². The van der Waals surface area contributed by atoms with Crippen molar-refractivity contribution in [1.29, 1.82) is 0 Å². The Labute approximate surface area is 224 Å². The second-order valence-electron chi connectivity index (χ2n) is 10.4. The van der Waals surface area contributed by atoms with Gasteiger partial charge < -0.3 is 19.9 Å². The molecule has 1 unspecified atom stereocenters. The van der Waals surface area contributed by atoms with Gasteiger partial charge in [-0.15, -0.1) is 0 Å². The van der Waals surface area contributed by atoms with Gasteiger partial charge in [-0.05, 0) is 68.4 Å². The molecule has 1 atom stereocenters. The number of likely N-dealkylation sites (N-methyl/N-ethyl adjacent to an activating group) is 1. The number of hydrogen-bond donors (Lipinski definition) is 2. The molecule has 2 aromatic heterocycles. The van der Waals surface area contributed by atoms with Crippen molar-refractivity contribution in [3.63, 3.8) is 0 Å². The lowest BCUT2D eigenvalue weighted by Gasteiger charge is -2.30. The van der Waals surface area contributed by atoms with E-state index in [4.69, 9.17) is 4.98 Å². The summed E-state index contributed by atoms with van der Waals surface area (Å²) in [6.45, 7) is 5.86. The fourth-order valence-electron chi connectivity index (χ4n) is 4.96. The molecule has 6 nitrogen and oxygen atoms in total. The first-order valence-corrected chi connectivity index (χ1v) is 12.9. The summed E-state index contributed by atoms with van der Waals surface area (Å²) in [5.41, 5.74) is 6.26. The predicted molar refractivity (Wildman–Crippen MR) is 155 cm³/mol. The van der Waals surface area contributed by atoms with Crippen LogP contribution in [0.4, 0.5) is 5.82 Å². The van der Waals surface area contributed by atoms with Gasteiger partial charge in [-0.2, -0.15) is 0 Å². The minimum absolute atomic E-state index is 0.702. The van der Waals surface area contributed by atoms with Crippen LogP contribution in [0.15, 0.2) is 85.3 Å². The Hall–Kier alpha value is -4.00. The Morgan fingerprint density at radius 2 is 1.68 bits per heavy atom. The van der Waals surface area contributed by atoms with Gasteiger partial charge in [-0.25, -0.2) is 9.97 Å². The van der Waals surface area contributed by atoms with E-state index in [1.54, 1.807) is 12.5 Å². The van der Waals surface area contributed by atoms with Gasteiger partial charge in [0.05, 0.1) is 23.7 Å². The van der Waals surface area contributed by atoms with Crippen LogP contribution in [0.2, 0.25) is 0 Å². The Balaban J connectivity index is 1.72. The number of hydrogen-bond acceptors (Lipinski definition) is 5. The van der Waals surface area contributed by atoms with Crippen LogP contribution in [0, 0.1) is 13.8 Å². The predicted octanol–water partition coefficient (Wildman–Crippen LogP) is 5.51. The lowest BCUT2D eigenvalue weighted by molar-refractivity contribution is 0.117. The maximum Gasteiger partial charge on any atom is 0.156 e. The summed E-state index contributed by atoms with van der Waals surface area (Å²) in [5.74, 6) is 0.837. The highest BCUT2D eigenvalue weighted by molar-refractivity contribution is 5.97. The summed E-state index contributed by atoms with van der Waals surface area (Å²) >= 11 is 0. The molecule has 0 spiro atoms. The van der Waals surface area contributed by atoms with Gasteiger partial charge in [-0.3, -0.25) is 0 Å². The number of aryl methyl sites for hydroxylation is 3. The van der Waals surface area contributed by atoms with E-state index >= 15 is 0 Å². The van der Waals surface area contributed by atoms with Crippen molar-refractivity contribution in [1.82, 2.24) is 19.4 Å². The second-order valence-corrected chi connectivity index (χ2v) is 10.4.